The summed E-state index contributed by atoms with van der Waals surface area (Å²) in [5.41, 5.74) is 5.35. The van der Waals surface area contributed by atoms with E-state index < -0.39 is 0 Å². The highest BCUT2D eigenvalue weighted by Gasteiger charge is 2.15. The highest BCUT2D eigenvalue weighted by atomic mass is 16.3. The largest absolute Gasteiger partial charge is 0.508 e. The topological polar surface area (TPSA) is 20.2 Å². The predicted molar refractivity (Wildman–Crippen MR) is 76.9 cm³/mol. The van der Waals surface area contributed by atoms with E-state index in [1.54, 1.807) is 6.07 Å². The lowest BCUT2D eigenvalue weighted by Gasteiger charge is -2.08. The third-order valence-electron chi connectivity index (χ3n) is 3.30. The van der Waals surface area contributed by atoms with Gasteiger partial charge < -0.3 is 5.11 Å². The number of hydrogen-bond acceptors (Lipinski definition) is 1. The molecule has 2 aromatic rings. The SMILES string of the molecule is CC.Oc1cccc(-c2cccc3c2CCC3)c1. The molecule has 0 aromatic heterocycles. The third kappa shape index (κ3) is 2.40. The predicted octanol–water partition coefficient (Wildman–Crippen LogP) is 4.57. The van der Waals surface area contributed by atoms with E-state index in [0.29, 0.717) is 5.75 Å². The van der Waals surface area contributed by atoms with E-state index in [2.05, 4.69) is 24.3 Å². The van der Waals surface area contributed by atoms with Crippen molar-refractivity contribution in [1.82, 2.24) is 0 Å². The van der Waals surface area contributed by atoms with Gasteiger partial charge in [0.1, 0.15) is 5.75 Å². The van der Waals surface area contributed by atoms with Crippen molar-refractivity contribution in [1.29, 1.82) is 0 Å². The zero-order valence-corrected chi connectivity index (χ0v) is 11.1. The molecular weight excluding hydrogens is 220 g/mol. The lowest BCUT2D eigenvalue weighted by Crippen LogP contribution is -1.87. The maximum absolute atomic E-state index is 9.52. The van der Waals surface area contributed by atoms with Gasteiger partial charge in [-0.2, -0.15) is 0 Å². The Labute approximate surface area is 109 Å². The Morgan fingerprint density at radius 1 is 0.944 bits per heavy atom. The second kappa shape index (κ2) is 5.72. The summed E-state index contributed by atoms with van der Waals surface area (Å²) >= 11 is 0. The Balaban J connectivity index is 0.000000574. The molecule has 1 nitrogen and oxygen atoms in total. The summed E-state index contributed by atoms with van der Waals surface area (Å²) in [6.07, 6.45) is 3.62. The molecular formula is C17H20O. The van der Waals surface area contributed by atoms with Crippen molar-refractivity contribution >= 4 is 0 Å². The van der Waals surface area contributed by atoms with Gasteiger partial charge in [0.25, 0.3) is 0 Å². The first-order chi connectivity index (χ1) is 8.84. The van der Waals surface area contributed by atoms with E-state index in [9.17, 15) is 5.11 Å². The van der Waals surface area contributed by atoms with Gasteiger partial charge in [-0.25, -0.2) is 0 Å². The Morgan fingerprint density at radius 3 is 2.50 bits per heavy atom. The number of benzene rings is 2. The highest BCUT2D eigenvalue weighted by molar-refractivity contribution is 5.70. The molecule has 0 radical (unpaired) electrons. The van der Waals surface area contributed by atoms with E-state index in [4.69, 9.17) is 0 Å². The number of phenolic OH excluding ortho intramolecular Hbond substituents is 1. The first kappa shape index (κ1) is 12.7. The normalized spacial score (nSPS) is 12.6. The Kier molecular flexibility index (Phi) is 4.03. The molecule has 0 fully saturated rings. The molecule has 1 aliphatic rings. The van der Waals surface area contributed by atoms with Crippen LogP contribution in [0.3, 0.4) is 0 Å². The van der Waals surface area contributed by atoms with Crippen LogP contribution in [0.25, 0.3) is 11.1 Å². The Morgan fingerprint density at radius 2 is 1.72 bits per heavy atom. The van der Waals surface area contributed by atoms with Crippen LogP contribution in [0.4, 0.5) is 0 Å². The minimum Gasteiger partial charge on any atom is -0.508 e. The highest BCUT2D eigenvalue weighted by Crippen LogP contribution is 2.33. The van der Waals surface area contributed by atoms with Crippen LogP contribution in [0, 0.1) is 0 Å². The molecule has 1 aliphatic carbocycles. The zero-order chi connectivity index (χ0) is 13.0. The van der Waals surface area contributed by atoms with Crippen molar-refractivity contribution in [2.24, 2.45) is 0 Å². The Hall–Kier alpha value is -1.76. The number of fused-ring (bicyclic) bond motifs is 1. The lowest BCUT2D eigenvalue weighted by molar-refractivity contribution is 0.475. The molecule has 0 spiro atoms. The summed E-state index contributed by atoms with van der Waals surface area (Å²) in [5, 5.41) is 9.52. The maximum atomic E-state index is 9.52. The summed E-state index contributed by atoms with van der Waals surface area (Å²) in [6, 6.07) is 14.0. The average Bonchev–Trinajstić information content (AvgIpc) is 2.89. The van der Waals surface area contributed by atoms with Crippen LogP contribution < -0.4 is 0 Å². The molecule has 0 amide bonds. The molecule has 0 saturated heterocycles. The number of phenols is 1. The zero-order valence-electron chi connectivity index (χ0n) is 11.1. The minimum atomic E-state index is 0.341. The standard InChI is InChI=1S/C15H14O.C2H6/c16-13-7-1-6-12(10-13)15-9-3-5-11-4-2-8-14(11)15;1-2/h1,3,5-7,9-10,16H,2,4,8H2;1-2H3. The first-order valence-electron chi connectivity index (χ1n) is 6.75. The van der Waals surface area contributed by atoms with Gasteiger partial charge in [0, 0.05) is 0 Å². The van der Waals surface area contributed by atoms with Crippen LogP contribution in [0.1, 0.15) is 31.4 Å². The van der Waals surface area contributed by atoms with E-state index in [0.717, 1.165) is 5.56 Å². The molecule has 0 bridgehead atoms. The summed E-state index contributed by atoms with van der Waals surface area (Å²) in [4.78, 5) is 0. The van der Waals surface area contributed by atoms with Crippen LogP contribution in [0.15, 0.2) is 42.5 Å². The molecule has 1 N–H and O–H groups in total. The van der Waals surface area contributed by atoms with Gasteiger partial charge in [-0.15, -0.1) is 0 Å². The fraction of sp³-hybridized carbons (Fsp3) is 0.294. The van der Waals surface area contributed by atoms with Crippen molar-refractivity contribution in [3.63, 3.8) is 0 Å². The molecule has 2 aromatic carbocycles. The van der Waals surface area contributed by atoms with E-state index in [1.807, 2.05) is 26.0 Å². The second-order valence-corrected chi connectivity index (χ2v) is 4.35. The van der Waals surface area contributed by atoms with Crippen molar-refractivity contribution in [2.75, 3.05) is 0 Å². The monoisotopic (exact) mass is 240 g/mol. The third-order valence-corrected chi connectivity index (χ3v) is 3.30. The number of aryl methyl sites for hydroxylation is 1. The molecule has 18 heavy (non-hydrogen) atoms. The van der Waals surface area contributed by atoms with Crippen molar-refractivity contribution in [3.8, 4) is 16.9 Å². The average molecular weight is 240 g/mol. The van der Waals surface area contributed by atoms with Gasteiger partial charge in [-0.05, 0) is 53.6 Å². The summed E-state index contributed by atoms with van der Waals surface area (Å²) in [7, 11) is 0. The lowest BCUT2D eigenvalue weighted by atomic mass is 9.97. The Bertz CT molecular complexity index is 529. The molecule has 94 valence electrons. The van der Waals surface area contributed by atoms with Crippen LogP contribution in [-0.2, 0) is 12.8 Å². The van der Waals surface area contributed by atoms with Crippen LogP contribution in [-0.4, -0.2) is 5.11 Å². The van der Waals surface area contributed by atoms with E-state index >= 15 is 0 Å². The number of rotatable bonds is 1. The van der Waals surface area contributed by atoms with Gasteiger partial charge in [-0.1, -0.05) is 44.2 Å². The van der Waals surface area contributed by atoms with Crippen molar-refractivity contribution in [2.45, 2.75) is 33.1 Å². The number of aromatic hydroxyl groups is 1. The smallest absolute Gasteiger partial charge is 0.116 e. The summed E-state index contributed by atoms with van der Waals surface area (Å²) in [6.45, 7) is 4.00. The molecule has 0 atom stereocenters. The molecule has 0 heterocycles. The van der Waals surface area contributed by atoms with E-state index in [-0.39, 0.29) is 0 Å². The molecule has 3 rings (SSSR count). The maximum Gasteiger partial charge on any atom is 0.116 e. The van der Waals surface area contributed by atoms with Crippen LogP contribution in [0.5, 0.6) is 5.75 Å². The molecule has 0 aliphatic heterocycles. The van der Waals surface area contributed by atoms with Gasteiger partial charge in [0.15, 0.2) is 0 Å². The first-order valence-corrected chi connectivity index (χ1v) is 6.75. The van der Waals surface area contributed by atoms with Crippen LogP contribution in [0.2, 0.25) is 0 Å². The van der Waals surface area contributed by atoms with E-state index in [1.165, 1.54) is 36.0 Å². The summed E-state index contributed by atoms with van der Waals surface area (Å²) in [5.74, 6) is 0.341. The fourth-order valence-corrected chi connectivity index (χ4v) is 2.56. The van der Waals surface area contributed by atoms with Crippen LogP contribution >= 0.6 is 0 Å². The fourth-order valence-electron chi connectivity index (χ4n) is 2.56. The minimum absolute atomic E-state index is 0.341. The molecule has 0 unspecified atom stereocenters. The molecule has 0 saturated carbocycles. The van der Waals surface area contributed by atoms with Gasteiger partial charge >= 0.3 is 0 Å². The van der Waals surface area contributed by atoms with Gasteiger partial charge in [-0.3, -0.25) is 0 Å². The second-order valence-electron chi connectivity index (χ2n) is 4.35. The number of hydrogen-bond donors (Lipinski definition) is 1. The van der Waals surface area contributed by atoms with Gasteiger partial charge in [0.2, 0.25) is 0 Å². The molecule has 1 heteroatoms. The summed E-state index contributed by atoms with van der Waals surface area (Å²) < 4.78 is 0. The van der Waals surface area contributed by atoms with Gasteiger partial charge in [0.05, 0.1) is 0 Å². The quantitative estimate of drug-likeness (QED) is 0.774. The van der Waals surface area contributed by atoms with Crippen molar-refractivity contribution < 1.29 is 5.11 Å². The van der Waals surface area contributed by atoms with Crippen molar-refractivity contribution in [3.05, 3.63) is 53.6 Å².